The summed E-state index contributed by atoms with van der Waals surface area (Å²) in [5, 5.41) is 0. The minimum atomic E-state index is 0.519. The van der Waals surface area contributed by atoms with Gasteiger partial charge in [0.25, 0.3) is 0 Å². The van der Waals surface area contributed by atoms with E-state index in [1.54, 1.807) is 7.11 Å². The van der Waals surface area contributed by atoms with Gasteiger partial charge in [-0.25, -0.2) is 0 Å². The molecule has 0 aliphatic carbocycles. The molecule has 0 spiro atoms. The maximum atomic E-state index is 5.03. The molecule has 12 heavy (non-hydrogen) atoms. The average molecular weight is 175 g/mol. The van der Waals surface area contributed by atoms with E-state index in [1.807, 2.05) is 13.8 Å². The lowest BCUT2D eigenvalue weighted by molar-refractivity contribution is 0.0986. The summed E-state index contributed by atoms with van der Waals surface area (Å²) in [4.78, 5) is 2.30. The maximum absolute atomic E-state index is 5.03. The zero-order chi connectivity index (χ0) is 10.1. The van der Waals surface area contributed by atoms with Crippen LogP contribution >= 0.6 is 0 Å². The zero-order valence-corrected chi connectivity index (χ0v) is 9.72. The summed E-state index contributed by atoms with van der Waals surface area (Å²) in [5.41, 5.74) is 0. The van der Waals surface area contributed by atoms with Crippen molar-refractivity contribution in [3.05, 3.63) is 0 Å². The summed E-state index contributed by atoms with van der Waals surface area (Å²) in [5.74, 6) is 0. The highest BCUT2D eigenvalue weighted by Crippen LogP contribution is 2.00. The minimum absolute atomic E-state index is 0.519. The molecule has 0 rings (SSSR count). The Bertz CT molecular complexity index is 83.9. The second-order valence-corrected chi connectivity index (χ2v) is 3.06. The SMILES string of the molecule is CC.COCC(C)N(C)C(C)C. The van der Waals surface area contributed by atoms with Gasteiger partial charge < -0.3 is 4.74 Å². The summed E-state index contributed by atoms with van der Waals surface area (Å²) < 4.78 is 5.03. The monoisotopic (exact) mass is 175 g/mol. The van der Waals surface area contributed by atoms with E-state index in [0.717, 1.165) is 6.61 Å². The van der Waals surface area contributed by atoms with Gasteiger partial charge in [0.15, 0.2) is 0 Å². The summed E-state index contributed by atoms with van der Waals surface area (Å²) >= 11 is 0. The normalized spacial score (nSPS) is 12.8. The van der Waals surface area contributed by atoms with Crippen LogP contribution in [0.25, 0.3) is 0 Å². The number of hydrogen-bond donors (Lipinski definition) is 0. The molecule has 76 valence electrons. The van der Waals surface area contributed by atoms with Crippen LogP contribution in [0.1, 0.15) is 34.6 Å². The van der Waals surface area contributed by atoms with Crippen molar-refractivity contribution < 1.29 is 4.74 Å². The fourth-order valence-corrected chi connectivity index (χ4v) is 0.868. The number of ether oxygens (including phenoxy) is 1. The summed E-state index contributed by atoms with van der Waals surface area (Å²) in [7, 11) is 3.86. The zero-order valence-electron chi connectivity index (χ0n) is 9.72. The van der Waals surface area contributed by atoms with Crippen LogP contribution in [0.4, 0.5) is 0 Å². The molecule has 0 aliphatic heterocycles. The average Bonchev–Trinajstić information content (AvgIpc) is 2.07. The van der Waals surface area contributed by atoms with Gasteiger partial charge in [0.05, 0.1) is 6.61 Å². The van der Waals surface area contributed by atoms with Crippen LogP contribution < -0.4 is 0 Å². The van der Waals surface area contributed by atoms with Crippen molar-refractivity contribution in [1.29, 1.82) is 0 Å². The molecule has 0 aromatic heterocycles. The molecule has 0 aromatic rings. The first-order valence-corrected chi connectivity index (χ1v) is 4.80. The smallest absolute Gasteiger partial charge is 0.0615 e. The molecule has 1 unspecified atom stereocenters. The molecule has 0 saturated heterocycles. The van der Waals surface area contributed by atoms with Crippen LogP contribution in [-0.2, 0) is 4.74 Å². The van der Waals surface area contributed by atoms with Crippen molar-refractivity contribution in [3.63, 3.8) is 0 Å². The van der Waals surface area contributed by atoms with E-state index >= 15 is 0 Å². The van der Waals surface area contributed by atoms with Crippen LogP contribution in [0.2, 0.25) is 0 Å². The highest BCUT2D eigenvalue weighted by Gasteiger charge is 2.10. The third kappa shape index (κ3) is 6.62. The Balaban J connectivity index is 0. The standard InChI is InChI=1S/C8H19NO.C2H6/c1-7(2)9(4)8(3)6-10-5;1-2/h7-8H,6H2,1-5H3;1-2H3. The molecule has 0 N–H and O–H groups in total. The molecule has 0 bridgehead atoms. The molecule has 0 saturated carbocycles. The Hall–Kier alpha value is -0.0800. The maximum Gasteiger partial charge on any atom is 0.0615 e. The Morgan fingerprint density at radius 2 is 1.58 bits per heavy atom. The van der Waals surface area contributed by atoms with Crippen molar-refractivity contribution >= 4 is 0 Å². The summed E-state index contributed by atoms with van der Waals surface area (Å²) in [6, 6.07) is 1.12. The van der Waals surface area contributed by atoms with Crippen molar-refractivity contribution in [1.82, 2.24) is 4.90 Å². The van der Waals surface area contributed by atoms with Gasteiger partial charge >= 0.3 is 0 Å². The van der Waals surface area contributed by atoms with Crippen molar-refractivity contribution in [2.45, 2.75) is 46.7 Å². The molecule has 0 fully saturated rings. The van der Waals surface area contributed by atoms with Crippen molar-refractivity contribution in [3.8, 4) is 0 Å². The van der Waals surface area contributed by atoms with Crippen molar-refractivity contribution in [2.24, 2.45) is 0 Å². The van der Waals surface area contributed by atoms with Crippen LogP contribution in [0.5, 0.6) is 0 Å². The molecule has 0 heterocycles. The summed E-state index contributed by atoms with van der Waals surface area (Å²) in [6.45, 7) is 11.4. The molecule has 2 heteroatoms. The predicted molar refractivity (Wildman–Crippen MR) is 55.6 cm³/mol. The third-order valence-electron chi connectivity index (χ3n) is 1.92. The first kappa shape index (κ1) is 14.4. The van der Waals surface area contributed by atoms with Gasteiger partial charge in [0.2, 0.25) is 0 Å². The summed E-state index contributed by atoms with van der Waals surface area (Å²) in [6.07, 6.45) is 0. The first-order valence-electron chi connectivity index (χ1n) is 4.80. The van der Waals surface area contributed by atoms with E-state index in [-0.39, 0.29) is 0 Å². The second kappa shape index (κ2) is 9.01. The van der Waals surface area contributed by atoms with Gasteiger partial charge in [0, 0.05) is 19.2 Å². The topological polar surface area (TPSA) is 12.5 Å². The van der Waals surface area contributed by atoms with E-state index < -0.39 is 0 Å². The molecule has 0 aromatic carbocycles. The largest absolute Gasteiger partial charge is 0.383 e. The number of likely N-dealkylation sites (N-methyl/N-ethyl adjacent to an activating group) is 1. The number of rotatable bonds is 4. The number of methoxy groups -OCH3 is 1. The van der Waals surface area contributed by atoms with Gasteiger partial charge in [-0.1, -0.05) is 13.8 Å². The highest BCUT2D eigenvalue weighted by molar-refractivity contribution is 4.65. The molecular weight excluding hydrogens is 150 g/mol. The van der Waals surface area contributed by atoms with Gasteiger partial charge in [-0.2, -0.15) is 0 Å². The van der Waals surface area contributed by atoms with Crippen LogP contribution in [0.3, 0.4) is 0 Å². The molecule has 0 amide bonds. The number of nitrogens with zero attached hydrogens (tertiary/aromatic N) is 1. The molecule has 2 nitrogen and oxygen atoms in total. The van der Waals surface area contributed by atoms with Crippen LogP contribution in [0.15, 0.2) is 0 Å². The van der Waals surface area contributed by atoms with E-state index in [2.05, 4.69) is 32.7 Å². The lowest BCUT2D eigenvalue weighted by atomic mass is 10.2. The van der Waals surface area contributed by atoms with Crippen LogP contribution in [-0.4, -0.2) is 37.7 Å². The van der Waals surface area contributed by atoms with E-state index in [4.69, 9.17) is 4.74 Å². The van der Waals surface area contributed by atoms with Crippen molar-refractivity contribution in [2.75, 3.05) is 20.8 Å². The quantitative estimate of drug-likeness (QED) is 0.650. The molecular formula is C10H25NO. The molecule has 1 atom stereocenters. The Morgan fingerprint density at radius 3 is 1.83 bits per heavy atom. The third-order valence-corrected chi connectivity index (χ3v) is 1.92. The van der Waals surface area contributed by atoms with E-state index in [9.17, 15) is 0 Å². The fraction of sp³-hybridized carbons (Fsp3) is 1.00. The Morgan fingerprint density at radius 1 is 1.17 bits per heavy atom. The van der Waals surface area contributed by atoms with Gasteiger partial charge in [-0.05, 0) is 27.8 Å². The molecule has 0 aliphatic rings. The lowest BCUT2D eigenvalue weighted by Crippen LogP contribution is -2.37. The second-order valence-electron chi connectivity index (χ2n) is 3.06. The fourth-order valence-electron chi connectivity index (χ4n) is 0.868. The van der Waals surface area contributed by atoms with Gasteiger partial charge in [0.1, 0.15) is 0 Å². The minimum Gasteiger partial charge on any atom is -0.383 e. The van der Waals surface area contributed by atoms with E-state index in [1.165, 1.54) is 0 Å². The van der Waals surface area contributed by atoms with E-state index in [0.29, 0.717) is 12.1 Å². The Labute approximate surface area is 77.9 Å². The molecule has 0 radical (unpaired) electrons. The van der Waals surface area contributed by atoms with Gasteiger partial charge in [-0.3, -0.25) is 4.90 Å². The number of hydrogen-bond acceptors (Lipinski definition) is 2. The van der Waals surface area contributed by atoms with Crippen LogP contribution in [0, 0.1) is 0 Å². The first-order chi connectivity index (χ1) is 5.59. The lowest BCUT2D eigenvalue weighted by Gasteiger charge is -2.27. The van der Waals surface area contributed by atoms with Gasteiger partial charge in [-0.15, -0.1) is 0 Å². The predicted octanol–water partition coefficient (Wildman–Crippen LogP) is 2.39. The highest BCUT2D eigenvalue weighted by atomic mass is 16.5. The Kier molecular flexibility index (Phi) is 10.8.